The third-order valence-corrected chi connectivity index (χ3v) is 4.25. The topological polar surface area (TPSA) is 18.5 Å². The first-order valence-corrected chi connectivity index (χ1v) is 8.25. The van der Waals surface area contributed by atoms with Gasteiger partial charge in [0.05, 0.1) is 0 Å². The molecule has 0 fully saturated rings. The Kier molecular flexibility index (Phi) is 4.01. The molecule has 0 bridgehead atoms. The molecule has 2 aromatic rings. The molecular weight excluding hydrogens is 315 g/mol. The van der Waals surface area contributed by atoms with Gasteiger partial charge in [-0.1, -0.05) is 26.0 Å². The van der Waals surface area contributed by atoms with Crippen LogP contribution in [0.5, 0.6) is 11.5 Å². The summed E-state index contributed by atoms with van der Waals surface area (Å²) in [5.41, 5.74) is 3.90. The largest absolute Gasteiger partial charge is 0.449 e. The Morgan fingerprint density at radius 3 is 2.35 bits per heavy atom. The highest BCUT2D eigenvalue weighted by Crippen LogP contribution is 2.50. The molecule has 122 valence electrons. The number of hydrogen-bond acceptors (Lipinski definition) is 2. The van der Waals surface area contributed by atoms with Crippen LogP contribution >= 0.6 is 11.6 Å². The molecule has 1 aliphatic rings. The Labute approximate surface area is 141 Å². The fourth-order valence-corrected chi connectivity index (χ4v) is 3.28. The van der Waals surface area contributed by atoms with Crippen molar-refractivity contribution in [3.63, 3.8) is 0 Å². The van der Waals surface area contributed by atoms with Crippen molar-refractivity contribution in [3.05, 3.63) is 47.3 Å². The van der Waals surface area contributed by atoms with E-state index in [1.165, 1.54) is 12.1 Å². The first-order valence-electron chi connectivity index (χ1n) is 7.72. The molecule has 0 atom stereocenters. The molecule has 4 heteroatoms. The minimum Gasteiger partial charge on any atom is -0.449 e. The van der Waals surface area contributed by atoms with Crippen molar-refractivity contribution in [2.24, 2.45) is 0 Å². The molecule has 0 spiro atoms. The normalized spacial score (nSPS) is 15.3. The zero-order valence-corrected chi connectivity index (χ0v) is 14.5. The van der Waals surface area contributed by atoms with E-state index < -0.39 is 5.79 Å². The SMILES string of the molecule is CC(C)c1cc2c(c(-c3ccc(F)cc3)c1CCl)OC(C)(C)O2. The van der Waals surface area contributed by atoms with Crippen LogP contribution in [0, 0.1) is 5.82 Å². The monoisotopic (exact) mass is 334 g/mol. The van der Waals surface area contributed by atoms with Gasteiger partial charge < -0.3 is 9.47 Å². The van der Waals surface area contributed by atoms with E-state index in [4.69, 9.17) is 21.1 Å². The lowest BCUT2D eigenvalue weighted by Gasteiger charge is -2.19. The van der Waals surface area contributed by atoms with Gasteiger partial charge >= 0.3 is 0 Å². The molecule has 0 N–H and O–H groups in total. The van der Waals surface area contributed by atoms with Crippen molar-refractivity contribution < 1.29 is 13.9 Å². The summed E-state index contributed by atoms with van der Waals surface area (Å²) in [6, 6.07) is 8.41. The maximum atomic E-state index is 13.3. The number of halogens is 2. The molecular formula is C19H20ClFO2. The zero-order valence-electron chi connectivity index (χ0n) is 13.7. The first kappa shape index (κ1) is 16.1. The van der Waals surface area contributed by atoms with Gasteiger partial charge in [-0.15, -0.1) is 11.6 Å². The van der Waals surface area contributed by atoms with Gasteiger partial charge in [0.2, 0.25) is 5.79 Å². The van der Waals surface area contributed by atoms with Crippen LogP contribution in [0.25, 0.3) is 11.1 Å². The highest BCUT2D eigenvalue weighted by atomic mass is 35.5. The van der Waals surface area contributed by atoms with E-state index in [2.05, 4.69) is 13.8 Å². The summed E-state index contributed by atoms with van der Waals surface area (Å²) < 4.78 is 25.3. The quantitative estimate of drug-likeness (QED) is 0.654. The van der Waals surface area contributed by atoms with Crippen molar-refractivity contribution in [1.82, 2.24) is 0 Å². The van der Waals surface area contributed by atoms with E-state index in [-0.39, 0.29) is 5.82 Å². The number of ether oxygens (including phenoxy) is 2. The summed E-state index contributed by atoms with van der Waals surface area (Å²) in [5, 5.41) is 0. The first-order chi connectivity index (χ1) is 10.8. The van der Waals surface area contributed by atoms with Crippen molar-refractivity contribution in [2.75, 3.05) is 0 Å². The molecule has 1 aliphatic heterocycles. The van der Waals surface area contributed by atoms with Gasteiger partial charge in [0.25, 0.3) is 0 Å². The highest BCUT2D eigenvalue weighted by Gasteiger charge is 2.36. The van der Waals surface area contributed by atoms with Crippen LogP contribution in [-0.2, 0) is 5.88 Å². The van der Waals surface area contributed by atoms with Crippen LogP contribution in [0.3, 0.4) is 0 Å². The highest BCUT2D eigenvalue weighted by molar-refractivity contribution is 6.17. The molecule has 0 saturated carbocycles. The van der Waals surface area contributed by atoms with E-state index >= 15 is 0 Å². The number of alkyl halides is 1. The molecule has 0 radical (unpaired) electrons. The Morgan fingerprint density at radius 2 is 1.78 bits per heavy atom. The van der Waals surface area contributed by atoms with Crippen molar-refractivity contribution >= 4 is 11.6 Å². The van der Waals surface area contributed by atoms with Gasteiger partial charge in [-0.3, -0.25) is 0 Å². The van der Waals surface area contributed by atoms with Gasteiger partial charge in [0.15, 0.2) is 11.5 Å². The zero-order chi connectivity index (χ0) is 16.8. The van der Waals surface area contributed by atoms with Gasteiger partial charge in [-0.05, 0) is 40.8 Å². The van der Waals surface area contributed by atoms with Crippen LogP contribution in [-0.4, -0.2) is 5.79 Å². The van der Waals surface area contributed by atoms with Gasteiger partial charge in [-0.25, -0.2) is 4.39 Å². The minimum absolute atomic E-state index is 0.268. The molecule has 2 aromatic carbocycles. The molecule has 0 saturated heterocycles. The number of hydrogen-bond donors (Lipinski definition) is 0. The smallest absolute Gasteiger partial charge is 0.246 e. The van der Waals surface area contributed by atoms with Crippen molar-refractivity contribution in [3.8, 4) is 22.6 Å². The van der Waals surface area contributed by atoms with Crippen LogP contribution in [0.15, 0.2) is 30.3 Å². The third-order valence-electron chi connectivity index (χ3n) is 3.98. The average molecular weight is 335 g/mol. The second-order valence-corrected chi connectivity index (χ2v) is 6.81. The Balaban J connectivity index is 2.30. The molecule has 23 heavy (non-hydrogen) atoms. The molecule has 1 heterocycles. The third kappa shape index (κ3) is 2.90. The summed E-state index contributed by atoms with van der Waals surface area (Å²) in [7, 11) is 0. The van der Waals surface area contributed by atoms with Gasteiger partial charge in [-0.2, -0.15) is 0 Å². The van der Waals surface area contributed by atoms with E-state index in [0.717, 1.165) is 22.3 Å². The van der Waals surface area contributed by atoms with Crippen molar-refractivity contribution in [2.45, 2.75) is 45.3 Å². The predicted molar refractivity (Wildman–Crippen MR) is 90.8 cm³/mol. The molecule has 2 nitrogen and oxygen atoms in total. The average Bonchev–Trinajstić information content (AvgIpc) is 2.79. The van der Waals surface area contributed by atoms with E-state index in [9.17, 15) is 4.39 Å². The minimum atomic E-state index is -0.726. The lowest BCUT2D eigenvalue weighted by atomic mass is 9.90. The Bertz CT molecular complexity index is 736. The number of benzene rings is 2. The molecule has 3 rings (SSSR count). The number of rotatable bonds is 3. The Morgan fingerprint density at radius 1 is 1.13 bits per heavy atom. The summed E-state index contributed by atoms with van der Waals surface area (Å²) in [6.45, 7) is 7.98. The van der Waals surface area contributed by atoms with Gasteiger partial charge in [0.1, 0.15) is 5.82 Å². The van der Waals surface area contributed by atoms with Crippen LogP contribution in [0.4, 0.5) is 4.39 Å². The van der Waals surface area contributed by atoms with E-state index in [0.29, 0.717) is 23.3 Å². The summed E-state index contributed by atoms with van der Waals surface area (Å²) in [6.07, 6.45) is 0. The van der Waals surface area contributed by atoms with Crippen LogP contribution in [0.2, 0.25) is 0 Å². The van der Waals surface area contributed by atoms with Crippen LogP contribution < -0.4 is 9.47 Å². The number of fused-ring (bicyclic) bond motifs is 1. The maximum absolute atomic E-state index is 13.3. The fourth-order valence-electron chi connectivity index (χ4n) is 2.99. The molecule has 0 aliphatic carbocycles. The lowest BCUT2D eigenvalue weighted by Crippen LogP contribution is -2.29. The Hall–Kier alpha value is -1.74. The van der Waals surface area contributed by atoms with Crippen LogP contribution in [0.1, 0.15) is 44.7 Å². The van der Waals surface area contributed by atoms with Gasteiger partial charge in [0, 0.05) is 25.3 Å². The van der Waals surface area contributed by atoms with E-state index in [1.54, 1.807) is 12.1 Å². The second kappa shape index (κ2) is 5.72. The molecule has 0 unspecified atom stereocenters. The summed E-state index contributed by atoms with van der Waals surface area (Å²) in [4.78, 5) is 0. The predicted octanol–water partition coefficient (Wildman–Crippen LogP) is 5.86. The molecule has 0 aromatic heterocycles. The lowest BCUT2D eigenvalue weighted by molar-refractivity contribution is -0.0429. The van der Waals surface area contributed by atoms with E-state index in [1.807, 2.05) is 19.9 Å². The summed E-state index contributed by atoms with van der Waals surface area (Å²) >= 11 is 6.26. The fraction of sp³-hybridized carbons (Fsp3) is 0.368. The van der Waals surface area contributed by atoms with Crippen molar-refractivity contribution in [1.29, 1.82) is 0 Å². The maximum Gasteiger partial charge on any atom is 0.246 e. The second-order valence-electron chi connectivity index (χ2n) is 6.55. The molecule has 0 amide bonds. The summed E-state index contributed by atoms with van der Waals surface area (Å²) in [5.74, 6) is 1.05. The standard InChI is InChI=1S/C19H20ClFO2/c1-11(2)14-9-16-18(23-19(3,4)22-16)17(15(14)10-20)12-5-7-13(21)8-6-12/h5-9,11H,10H2,1-4H3.